The molecule has 6 rings (SSSR count). The predicted molar refractivity (Wildman–Crippen MR) is 150 cm³/mol. The van der Waals surface area contributed by atoms with Crippen molar-refractivity contribution in [3.05, 3.63) is 71.9 Å². The number of nitrogens with one attached hydrogen (secondary N) is 2. The highest BCUT2D eigenvalue weighted by atomic mass is 16.1. The number of nitrogens with zero attached hydrogens (tertiary/aromatic N) is 5. The molecule has 38 heavy (non-hydrogen) atoms. The fraction of sp³-hybridized carbons (Fsp3) is 0.400. The Balaban J connectivity index is 1.19. The highest BCUT2D eigenvalue weighted by molar-refractivity contribution is 6.11. The molecule has 2 saturated heterocycles. The number of pyridine rings is 2. The zero-order valence-corrected chi connectivity index (χ0v) is 21.8. The average molecular weight is 510 g/mol. The van der Waals surface area contributed by atoms with Crippen molar-refractivity contribution in [3.8, 4) is 11.1 Å². The predicted octanol–water partition coefficient (Wildman–Crippen LogP) is 5.24. The Kier molecular flexibility index (Phi) is 7.42. The third-order valence-electron chi connectivity index (χ3n) is 7.67. The zero-order valence-electron chi connectivity index (χ0n) is 21.8. The van der Waals surface area contributed by atoms with Gasteiger partial charge in [0.2, 0.25) is 0 Å². The molecular formula is C30H35N7O. The minimum absolute atomic E-state index is 0.236. The highest BCUT2D eigenvalue weighted by Gasteiger charge is 2.17. The van der Waals surface area contributed by atoms with Crippen molar-refractivity contribution in [2.75, 3.05) is 31.5 Å². The molecule has 2 fully saturated rings. The van der Waals surface area contributed by atoms with Crippen LogP contribution in [0.15, 0.2) is 55.0 Å². The molecule has 0 spiro atoms. The molecule has 2 N–H and O–H groups in total. The van der Waals surface area contributed by atoms with E-state index >= 15 is 0 Å². The maximum absolute atomic E-state index is 13.3. The summed E-state index contributed by atoms with van der Waals surface area (Å²) in [6.07, 6.45) is 13.3. The summed E-state index contributed by atoms with van der Waals surface area (Å²) >= 11 is 0. The van der Waals surface area contributed by atoms with E-state index in [1.54, 1.807) is 6.20 Å². The van der Waals surface area contributed by atoms with Crippen molar-refractivity contribution in [2.45, 2.75) is 51.6 Å². The first-order valence-electron chi connectivity index (χ1n) is 13.8. The van der Waals surface area contributed by atoms with Gasteiger partial charge >= 0.3 is 0 Å². The summed E-state index contributed by atoms with van der Waals surface area (Å²) < 4.78 is 0. The van der Waals surface area contributed by atoms with Crippen molar-refractivity contribution in [1.29, 1.82) is 0 Å². The van der Waals surface area contributed by atoms with Crippen LogP contribution in [0, 0.1) is 0 Å². The van der Waals surface area contributed by atoms with E-state index < -0.39 is 0 Å². The lowest BCUT2D eigenvalue weighted by molar-refractivity contribution is 0.102. The van der Waals surface area contributed by atoms with Gasteiger partial charge < -0.3 is 5.32 Å². The number of aromatic nitrogens is 4. The third-order valence-corrected chi connectivity index (χ3v) is 7.67. The Morgan fingerprint density at radius 2 is 1.61 bits per heavy atom. The molecule has 3 aromatic heterocycles. The molecule has 4 aromatic rings. The minimum Gasteiger partial charge on any atom is -0.320 e. The summed E-state index contributed by atoms with van der Waals surface area (Å²) in [6, 6.07) is 12.1. The smallest absolute Gasteiger partial charge is 0.276 e. The van der Waals surface area contributed by atoms with Crippen molar-refractivity contribution in [3.63, 3.8) is 0 Å². The van der Waals surface area contributed by atoms with E-state index in [2.05, 4.69) is 47.4 Å². The standard InChI is InChI=1S/C30H35N7O/c38-30(33-25-9-10-32-26(17-25)21-37-13-5-6-14-37)29-27-16-23(7-8-28(27)34-35-29)24-15-22(18-31-19-24)20-36-11-3-1-2-4-12-36/h7-10,15-19H,1-6,11-14,20-21H2,(H,34,35)(H,32,33,38). The van der Waals surface area contributed by atoms with Gasteiger partial charge in [-0.2, -0.15) is 5.10 Å². The van der Waals surface area contributed by atoms with Crippen LogP contribution in [0.3, 0.4) is 0 Å². The van der Waals surface area contributed by atoms with Crippen LogP contribution in [0.4, 0.5) is 5.69 Å². The van der Waals surface area contributed by atoms with Gasteiger partial charge in [-0.3, -0.25) is 29.7 Å². The second kappa shape index (κ2) is 11.4. The summed E-state index contributed by atoms with van der Waals surface area (Å²) in [6.45, 7) is 6.26. The van der Waals surface area contributed by atoms with Crippen LogP contribution in [0.1, 0.15) is 60.3 Å². The van der Waals surface area contributed by atoms with Crippen LogP contribution < -0.4 is 5.32 Å². The molecule has 0 bridgehead atoms. The molecule has 0 atom stereocenters. The van der Waals surface area contributed by atoms with Crippen LogP contribution in [0.2, 0.25) is 0 Å². The van der Waals surface area contributed by atoms with Gasteiger partial charge in [0.25, 0.3) is 5.91 Å². The number of H-pyrrole nitrogens is 1. The Bertz CT molecular complexity index is 1400. The van der Waals surface area contributed by atoms with Crippen LogP contribution in [-0.4, -0.2) is 62.1 Å². The van der Waals surface area contributed by atoms with Crippen LogP contribution in [0.25, 0.3) is 22.0 Å². The first kappa shape index (κ1) is 24.7. The molecular weight excluding hydrogens is 474 g/mol. The second-order valence-electron chi connectivity index (χ2n) is 10.6. The topological polar surface area (TPSA) is 90.0 Å². The maximum Gasteiger partial charge on any atom is 0.276 e. The quantitative estimate of drug-likeness (QED) is 0.354. The number of amides is 1. The SMILES string of the molecule is O=C(Nc1ccnc(CN2CCCC2)c1)c1n[nH]c2ccc(-c3cncc(CN4CCCCCC4)c3)cc12. The summed E-state index contributed by atoms with van der Waals surface area (Å²) in [5, 5.41) is 11.2. The number of rotatable bonds is 7. The van der Waals surface area contributed by atoms with Gasteiger partial charge in [-0.25, -0.2) is 0 Å². The molecule has 2 aliphatic heterocycles. The van der Waals surface area contributed by atoms with E-state index in [1.807, 2.05) is 36.7 Å². The van der Waals surface area contributed by atoms with Crippen molar-refractivity contribution in [1.82, 2.24) is 30.0 Å². The molecule has 1 aromatic carbocycles. The van der Waals surface area contributed by atoms with E-state index in [1.165, 1.54) is 44.1 Å². The summed E-state index contributed by atoms with van der Waals surface area (Å²) in [7, 11) is 0. The normalized spacial score (nSPS) is 17.1. The number of hydrogen-bond acceptors (Lipinski definition) is 6. The van der Waals surface area contributed by atoms with E-state index in [-0.39, 0.29) is 5.91 Å². The fourth-order valence-electron chi connectivity index (χ4n) is 5.65. The fourth-order valence-corrected chi connectivity index (χ4v) is 5.65. The number of carbonyl (C=O) groups excluding carboxylic acids is 1. The second-order valence-corrected chi connectivity index (χ2v) is 10.6. The minimum atomic E-state index is -0.236. The van der Waals surface area contributed by atoms with Crippen molar-refractivity contribution >= 4 is 22.5 Å². The summed E-state index contributed by atoms with van der Waals surface area (Å²) in [5.74, 6) is -0.236. The Labute approximate surface area is 223 Å². The Morgan fingerprint density at radius 3 is 2.42 bits per heavy atom. The Hall–Kier alpha value is -3.62. The molecule has 196 valence electrons. The number of likely N-dealkylation sites (tertiary alicyclic amines) is 2. The average Bonchev–Trinajstić information content (AvgIpc) is 3.53. The van der Waals surface area contributed by atoms with Crippen molar-refractivity contribution < 1.29 is 4.79 Å². The molecule has 5 heterocycles. The third kappa shape index (κ3) is 5.76. The first-order valence-corrected chi connectivity index (χ1v) is 13.8. The van der Waals surface area contributed by atoms with Crippen LogP contribution in [0.5, 0.6) is 0 Å². The molecule has 1 amide bonds. The van der Waals surface area contributed by atoms with E-state index in [9.17, 15) is 4.79 Å². The van der Waals surface area contributed by atoms with Crippen molar-refractivity contribution in [2.24, 2.45) is 0 Å². The van der Waals surface area contributed by atoms with Crippen LogP contribution in [-0.2, 0) is 13.1 Å². The van der Waals surface area contributed by atoms with Gasteiger partial charge in [0.1, 0.15) is 0 Å². The van der Waals surface area contributed by atoms with Gasteiger partial charge in [0, 0.05) is 48.3 Å². The molecule has 2 aliphatic rings. The van der Waals surface area contributed by atoms with Gasteiger partial charge in [0.05, 0.1) is 11.2 Å². The van der Waals surface area contributed by atoms with E-state index in [4.69, 9.17) is 0 Å². The van der Waals surface area contributed by atoms with Gasteiger partial charge in [-0.05, 0) is 93.3 Å². The lowest BCUT2D eigenvalue weighted by atomic mass is 10.0. The molecule has 0 saturated carbocycles. The lowest BCUT2D eigenvalue weighted by Crippen LogP contribution is -2.24. The molecule has 0 aliphatic carbocycles. The largest absolute Gasteiger partial charge is 0.320 e. The molecule has 0 radical (unpaired) electrons. The van der Waals surface area contributed by atoms with Crippen LogP contribution >= 0.6 is 0 Å². The number of hydrogen-bond donors (Lipinski definition) is 2. The Morgan fingerprint density at radius 1 is 0.842 bits per heavy atom. The monoisotopic (exact) mass is 509 g/mol. The maximum atomic E-state index is 13.3. The van der Waals surface area contributed by atoms with Gasteiger partial charge in [0.15, 0.2) is 5.69 Å². The number of fused-ring (bicyclic) bond motifs is 1. The number of aromatic amines is 1. The first-order chi connectivity index (χ1) is 18.7. The van der Waals surface area contributed by atoms with E-state index in [0.29, 0.717) is 5.69 Å². The van der Waals surface area contributed by atoms with Gasteiger partial charge in [-0.1, -0.05) is 18.9 Å². The number of anilines is 1. The molecule has 0 unspecified atom stereocenters. The number of benzene rings is 1. The molecule has 8 heteroatoms. The summed E-state index contributed by atoms with van der Waals surface area (Å²) in [4.78, 5) is 27.2. The van der Waals surface area contributed by atoms with E-state index in [0.717, 1.165) is 72.7 Å². The molecule has 8 nitrogen and oxygen atoms in total. The highest BCUT2D eigenvalue weighted by Crippen LogP contribution is 2.27. The van der Waals surface area contributed by atoms with Gasteiger partial charge in [-0.15, -0.1) is 0 Å². The summed E-state index contributed by atoms with van der Waals surface area (Å²) in [5.41, 5.74) is 6.20. The zero-order chi connectivity index (χ0) is 25.7. The lowest BCUT2D eigenvalue weighted by Gasteiger charge is -2.19. The number of carbonyl (C=O) groups is 1.